The molecule has 0 bridgehead atoms. The molecular weight excluding hydrogens is 605 g/mol. The second-order valence-corrected chi connectivity index (χ2v) is 23.5. The molecule has 1 fully saturated rings. The van der Waals surface area contributed by atoms with Gasteiger partial charge in [-0.15, -0.1) is 0 Å². The summed E-state index contributed by atoms with van der Waals surface area (Å²) in [6.07, 6.45) is 7.08. The van der Waals surface area contributed by atoms with Crippen molar-refractivity contribution in [3.63, 3.8) is 0 Å². The van der Waals surface area contributed by atoms with Gasteiger partial charge in [-0.3, -0.25) is 4.21 Å². The molecule has 39 heavy (non-hydrogen) atoms. The molecule has 9 nitrogen and oxygen atoms in total. The van der Waals surface area contributed by atoms with Crippen LogP contribution >= 0.6 is 0 Å². The Morgan fingerprint density at radius 1 is 0.692 bits per heavy atom. The van der Waals surface area contributed by atoms with Gasteiger partial charge in [-0.1, -0.05) is 41.0 Å². The van der Waals surface area contributed by atoms with Crippen LogP contribution < -0.4 is 0 Å². The lowest BCUT2D eigenvalue weighted by atomic mass is 10.00. The van der Waals surface area contributed by atoms with Crippen molar-refractivity contribution in [3.8, 4) is 0 Å². The van der Waals surface area contributed by atoms with Crippen molar-refractivity contribution in [1.29, 1.82) is 0 Å². The van der Waals surface area contributed by atoms with Gasteiger partial charge in [-0.2, -0.15) is 0 Å². The highest BCUT2D eigenvalue weighted by Gasteiger charge is 2.33. The maximum atomic E-state index is 11.3. The zero-order chi connectivity index (χ0) is 32.6. The third-order valence-electron chi connectivity index (χ3n) is 5.45. The van der Waals surface area contributed by atoms with Crippen molar-refractivity contribution in [2.75, 3.05) is 30.3 Å². The minimum atomic E-state index is -2.74. The first-order valence-electron chi connectivity index (χ1n) is 13.2. The number of rotatable bonds is 8. The van der Waals surface area contributed by atoms with E-state index in [1.54, 1.807) is 54.7 Å². The summed E-state index contributed by atoms with van der Waals surface area (Å²) < 4.78 is 95.8. The fourth-order valence-electron chi connectivity index (χ4n) is 2.02. The van der Waals surface area contributed by atoms with E-state index in [9.17, 15) is 37.9 Å². The highest BCUT2D eigenvalue weighted by molar-refractivity contribution is 7.92. The number of hydrogen-bond acceptors (Lipinski definition) is 9. The number of sulfone groups is 4. The van der Waals surface area contributed by atoms with Crippen molar-refractivity contribution in [3.05, 3.63) is 0 Å². The lowest BCUT2D eigenvalue weighted by Gasteiger charge is -2.26. The summed E-state index contributed by atoms with van der Waals surface area (Å²) in [7, 11) is -11.6. The summed E-state index contributed by atoms with van der Waals surface area (Å²) in [5.74, 6) is 0.808. The van der Waals surface area contributed by atoms with Crippen molar-refractivity contribution in [1.82, 2.24) is 0 Å². The predicted molar refractivity (Wildman–Crippen MR) is 170 cm³/mol. The fraction of sp³-hybridized carbons (Fsp3) is 1.00. The molecule has 1 saturated carbocycles. The van der Waals surface area contributed by atoms with E-state index < -0.39 is 50.1 Å². The van der Waals surface area contributed by atoms with E-state index in [0.717, 1.165) is 19.3 Å². The maximum absolute atomic E-state index is 11.3. The standard InChI is InChI=1S/C7H14O2S.2C5H12O2S.C4H10O2S.C4H10OS/c1-6(2)10(8,9)7-4-3-5-7;1-5(2)4-8(3,6)7;1-4-8(6,7)5(2)3;1-4(2)7(3,5)6;1-4(2)6(3)5/h6-7H,3-5H2,1-2H3;2*5H,4H2,1-3H3;4H,1-3H3;4H,1-3H3. The molecular formula is C25H58O9S5. The summed E-state index contributed by atoms with van der Waals surface area (Å²) >= 11 is 0. The molecule has 1 unspecified atom stereocenters. The molecule has 0 spiro atoms. The molecule has 0 aromatic carbocycles. The van der Waals surface area contributed by atoms with Gasteiger partial charge in [0.05, 0.1) is 26.8 Å². The zero-order valence-electron chi connectivity index (χ0n) is 26.7. The summed E-state index contributed by atoms with van der Waals surface area (Å²) in [5, 5.41) is -0.310. The van der Waals surface area contributed by atoms with Crippen LogP contribution in [0.5, 0.6) is 0 Å². The van der Waals surface area contributed by atoms with Crippen LogP contribution in [-0.4, -0.2) is 94.4 Å². The molecule has 242 valence electrons. The molecule has 1 aliphatic carbocycles. The third kappa shape index (κ3) is 27.9. The molecule has 0 saturated heterocycles. The van der Waals surface area contributed by atoms with Crippen LogP contribution in [0.15, 0.2) is 0 Å². The van der Waals surface area contributed by atoms with Gasteiger partial charge in [0.15, 0.2) is 19.7 Å². The Bertz CT molecular complexity index is 1080. The molecule has 1 atom stereocenters. The quantitative estimate of drug-likeness (QED) is 0.374. The lowest BCUT2D eigenvalue weighted by Crippen LogP contribution is -2.33. The second kappa shape index (κ2) is 20.8. The predicted octanol–water partition coefficient (Wildman–Crippen LogP) is 4.09. The Morgan fingerprint density at radius 2 is 1.03 bits per heavy atom. The van der Waals surface area contributed by atoms with Gasteiger partial charge in [0.1, 0.15) is 19.7 Å². The molecule has 0 aromatic rings. The second-order valence-electron chi connectivity index (χ2n) is 11.1. The van der Waals surface area contributed by atoms with Gasteiger partial charge in [0.25, 0.3) is 0 Å². The van der Waals surface area contributed by atoms with Crippen LogP contribution in [0.3, 0.4) is 0 Å². The minimum Gasteiger partial charge on any atom is -0.260 e. The summed E-state index contributed by atoms with van der Waals surface area (Å²) in [6.45, 7) is 19.5. The fourth-order valence-corrected chi connectivity index (χ4v) is 5.66. The van der Waals surface area contributed by atoms with Crippen LogP contribution in [0.1, 0.15) is 95.4 Å². The van der Waals surface area contributed by atoms with Crippen molar-refractivity contribution < 1.29 is 37.9 Å². The lowest BCUT2D eigenvalue weighted by molar-refractivity contribution is 0.472. The van der Waals surface area contributed by atoms with Crippen molar-refractivity contribution in [2.45, 2.75) is 122 Å². The first-order valence-corrected chi connectivity index (χ1v) is 22.1. The topological polar surface area (TPSA) is 154 Å². The van der Waals surface area contributed by atoms with Crippen LogP contribution in [0.2, 0.25) is 0 Å². The van der Waals surface area contributed by atoms with Gasteiger partial charge in [0, 0.05) is 40.6 Å². The normalized spacial score (nSPS) is 15.2. The monoisotopic (exact) mass is 662 g/mol. The van der Waals surface area contributed by atoms with Crippen LogP contribution in [0.4, 0.5) is 0 Å². The van der Waals surface area contributed by atoms with Crippen molar-refractivity contribution in [2.24, 2.45) is 5.92 Å². The zero-order valence-corrected chi connectivity index (χ0v) is 30.8. The SMILES string of the molecule is CC(C)CS(C)(=O)=O.CC(C)S(=O)(=O)C1CCC1.CC(C)S(C)(=O)=O.CC(C)S(C)=O.CCS(=O)(=O)C(C)C. The Balaban J connectivity index is -0.000000199. The van der Waals surface area contributed by atoms with Gasteiger partial charge in [-0.25, -0.2) is 33.7 Å². The van der Waals surface area contributed by atoms with Gasteiger partial charge in [-0.05, 0) is 60.3 Å². The van der Waals surface area contributed by atoms with Gasteiger partial charge in [0.2, 0.25) is 0 Å². The van der Waals surface area contributed by atoms with Crippen LogP contribution in [0, 0.1) is 5.92 Å². The Hall–Kier alpha value is -0.0500. The smallest absolute Gasteiger partial charge is 0.155 e. The Labute approximate surface area is 244 Å². The molecule has 0 aromatic heterocycles. The first kappa shape index (κ1) is 45.9. The van der Waals surface area contributed by atoms with E-state index in [4.69, 9.17) is 0 Å². The Kier molecular flexibility index (Phi) is 24.5. The molecule has 1 rings (SSSR count). The number of hydrogen-bond donors (Lipinski definition) is 0. The largest absolute Gasteiger partial charge is 0.260 e. The van der Waals surface area contributed by atoms with E-state index in [2.05, 4.69) is 0 Å². The molecule has 0 aliphatic heterocycles. The van der Waals surface area contributed by atoms with E-state index in [-0.39, 0.29) is 32.7 Å². The summed E-state index contributed by atoms with van der Waals surface area (Å²) in [5.41, 5.74) is 0. The summed E-state index contributed by atoms with van der Waals surface area (Å²) in [6, 6.07) is 0. The van der Waals surface area contributed by atoms with Gasteiger partial charge >= 0.3 is 0 Å². The minimum absolute atomic E-state index is 0.00694. The van der Waals surface area contributed by atoms with E-state index >= 15 is 0 Å². The molecule has 0 amide bonds. The van der Waals surface area contributed by atoms with Crippen LogP contribution in [-0.2, 0) is 50.1 Å². The molecule has 1 aliphatic rings. The molecule has 0 heterocycles. The van der Waals surface area contributed by atoms with Crippen LogP contribution in [0.25, 0.3) is 0 Å². The third-order valence-corrected chi connectivity index (χ3v) is 14.7. The Morgan fingerprint density at radius 3 is 1.05 bits per heavy atom. The average molecular weight is 663 g/mol. The molecule has 0 radical (unpaired) electrons. The average Bonchev–Trinajstić information content (AvgIpc) is 2.65. The first-order chi connectivity index (χ1) is 17.1. The van der Waals surface area contributed by atoms with E-state index in [1.165, 1.54) is 12.5 Å². The maximum Gasteiger partial charge on any atom is 0.155 e. The highest BCUT2D eigenvalue weighted by atomic mass is 32.2. The highest BCUT2D eigenvalue weighted by Crippen LogP contribution is 2.28. The van der Waals surface area contributed by atoms with Crippen molar-refractivity contribution >= 4 is 50.1 Å². The summed E-state index contributed by atoms with van der Waals surface area (Å²) in [4.78, 5) is 0. The van der Waals surface area contributed by atoms with E-state index in [1.807, 2.05) is 27.7 Å². The molecule has 0 N–H and O–H groups in total. The molecule has 14 heteroatoms. The van der Waals surface area contributed by atoms with Gasteiger partial charge < -0.3 is 0 Å². The van der Waals surface area contributed by atoms with E-state index in [0.29, 0.717) is 11.0 Å².